The van der Waals surface area contributed by atoms with Gasteiger partial charge in [-0.3, -0.25) is 0 Å². The quantitative estimate of drug-likeness (QED) is 0.874. The molecule has 3 rings (SSSR count). The predicted octanol–water partition coefficient (Wildman–Crippen LogP) is 4.00. The third-order valence-electron chi connectivity index (χ3n) is 3.32. The van der Waals surface area contributed by atoms with E-state index in [9.17, 15) is 0 Å². The van der Waals surface area contributed by atoms with E-state index in [0.717, 1.165) is 33.7 Å². The van der Waals surface area contributed by atoms with Crippen molar-refractivity contribution in [3.05, 3.63) is 28.5 Å². The van der Waals surface area contributed by atoms with Crippen LogP contribution in [0.25, 0.3) is 10.6 Å². The fourth-order valence-electron chi connectivity index (χ4n) is 2.36. The van der Waals surface area contributed by atoms with Crippen molar-refractivity contribution in [2.75, 3.05) is 6.54 Å². The molecule has 1 atom stereocenters. The number of halogens is 1. The summed E-state index contributed by atoms with van der Waals surface area (Å²) in [6.07, 6.45) is 6.93. The minimum Gasteiger partial charge on any atom is -0.340 e. The summed E-state index contributed by atoms with van der Waals surface area (Å²) in [5, 5.41) is 3.55. The number of nitrogens with one attached hydrogen (secondary N) is 2. The first-order valence-corrected chi connectivity index (χ1v) is 7.56. The fraction of sp³-hybridized carbons (Fsp3) is 0.462. The van der Waals surface area contributed by atoms with Gasteiger partial charge in [-0.05, 0) is 31.5 Å². The molecule has 1 fully saturated rings. The first-order chi connectivity index (χ1) is 8.83. The van der Waals surface area contributed by atoms with Crippen LogP contribution < -0.4 is 5.32 Å². The maximum absolute atomic E-state index is 5.96. The topological polar surface area (TPSA) is 40.7 Å². The number of hydrogen-bond donors (Lipinski definition) is 2. The second-order valence-corrected chi connectivity index (χ2v) is 6.36. The molecular weight excluding hydrogens is 266 g/mol. The molecule has 0 aromatic carbocycles. The number of nitrogens with zero attached hydrogens (tertiary/aromatic N) is 1. The number of aromatic nitrogens is 2. The van der Waals surface area contributed by atoms with E-state index in [0.29, 0.717) is 6.04 Å². The van der Waals surface area contributed by atoms with Crippen LogP contribution in [0.3, 0.4) is 0 Å². The second-order valence-electron chi connectivity index (χ2n) is 4.64. The van der Waals surface area contributed by atoms with Crippen molar-refractivity contribution in [1.29, 1.82) is 0 Å². The van der Waals surface area contributed by atoms with Crippen LogP contribution in [0.2, 0.25) is 4.34 Å². The Morgan fingerprint density at radius 2 is 2.22 bits per heavy atom. The minimum absolute atomic E-state index is 0.372. The molecule has 2 aromatic rings. The van der Waals surface area contributed by atoms with Gasteiger partial charge in [-0.15, -0.1) is 11.3 Å². The van der Waals surface area contributed by atoms with E-state index in [1.54, 1.807) is 11.3 Å². The van der Waals surface area contributed by atoms with E-state index in [1.165, 1.54) is 19.3 Å². The maximum Gasteiger partial charge on any atom is 0.123 e. The third-order valence-corrected chi connectivity index (χ3v) is 4.59. The molecule has 2 aromatic heterocycles. The van der Waals surface area contributed by atoms with Crippen molar-refractivity contribution >= 4 is 22.9 Å². The van der Waals surface area contributed by atoms with E-state index >= 15 is 0 Å². The lowest BCUT2D eigenvalue weighted by molar-refractivity contribution is 0.512. The standard InChI is InChI=1S/C13H16ClN3S/c14-12-6-5-11(18-12)10-8-16-13(17-10)9-4-2-1-3-7-15-9/h5-6,8-9,15H,1-4,7H2,(H,16,17). The van der Waals surface area contributed by atoms with Gasteiger partial charge in [0.25, 0.3) is 0 Å². The Hall–Kier alpha value is -0.840. The molecule has 1 saturated heterocycles. The van der Waals surface area contributed by atoms with Crippen molar-refractivity contribution < 1.29 is 0 Å². The lowest BCUT2D eigenvalue weighted by atomic mass is 10.1. The molecule has 0 bridgehead atoms. The zero-order valence-electron chi connectivity index (χ0n) is 10.1. The summed E-state index contributed by atoms with van der Waals surface area (Å²) < 4.78 is 0.814. The summed E-state index contributed by atoms with van der Waals surface area (Å²) in [4.78, 5) is 9.08. The van der Waals surface area contributed by atoms with E-state index in [2.05, 4.69) is 15.3 Å². The molecule has 1 aliphatic heterocycles. The third kappa shape index (κ3) is 2.60. The lowest BCUT2D eigenvalue weighted by Crippen LogP contribution is -2.21. The number of hydrogen-bond acceptors (Lipinski definition) is 3. The van der Waals surface area contributed by atoms with Gasteiger partial charge in [0.2, 0.25) is 0 Å². The van der Waals surface area contributed by atoms with E-state index < -0.39 is 0 Å². The molecule has 0 aliphatic carbocycles. The number of imidazole rings is 1. The highest BCUT2D eigenvalue weighted by atomic mass is 35.5. The Labute approximate surface area is 116 Å². The van der Waals surface area contributed by atoms with Gasteiger partial charge < -0.3 is 10.3 Å². The van der Waals surface area contributed by atoms with Crippen LogP contribution in [0.4, 0.5) is 0 Å². The van der Waals surface area contributed by atoms with Gasteiger partial charge in [0.05, 0.1) is 27.1 Å². The number of thiophene rings is 1. The normalized spacial score (nSPS) is 20.8. The SMILES string of the molecule is Clc1ccc(-c2cnc(C3CCCCCN3)[nH]2)s1. The highest BCUT2D eigenvalue weighted by Crippen LogP contribution is 2.31. The van der Waals surface area contributed by atoms with Gasteiger partial charge in [0.15, 0.2) is 0 Å². The molecule has 96 valence electrons. The average molecular weight is 282 g/mol. The Kier molecular flexibility index (Phi) is 3.68. The average Bonchev–Trinajstić information content (AvgIpc) is 2.92. The summed E-state index contributed by atoms with van der Waals surface area (Å²) in [6.45, 7) is 1.09. The van der Waals surface area contributed by atoms with Crippen LogP contribution in [0.5, 0.6) is 0 Å². The molecule has 0 spiro atoms. The van der Waals surface area contributed by atoms with Crippen molar-refractivity contribution in [3.63, 3.8) is 0 Å². The van der Waals surface area contributed by atoms with E-state index in [1.807, 2.05) is 18.3 Å². The van der Waals surface area contributed by atoms with Crippen LogP contribution in [0, 0.1) is 0 Å². The first-order valence-electron chi connectivity index (χ1n) is 6.37. The Bertz CT molecular complexity index is 512. The summed E-state index contributed by atoms with van der Waals surface area (Å²) in [7, 11) is 0. The van der Waals surface area contributed by atoms with Gasteiger partial charge >= 0.3 is 0 Å². The summed E-state index contributed by atoms with van der Waals surface area (Å²) >= 11 is 7.54. The van der Waals surface area contributed by atoms with Gasteiger partial charge in [0, 0.05) is 0 Å². The van der Waals surface area contributed by atoms with E-state index in [4.69, 9.17) is 11.6 Å². The highest BCUT2D eigenvalue weighted by Gasteiger charge is 2.17. The number of aromatic amines is 1. The predicted molar refractivity (Wildman–Crippen MR) is 76.1 cm³/mol. The Morgan fingerprint density at radius 3 is 3.06 bits per heavy atom. The largest absolute Gasteiger partial charge is 0.340 e. The Morgan fingerprint density at radius 1 is 1.28 bits per heavy atom. The van der Waals surface area contributed by atoms with E-state index in [-0.39, 0.29) is 0 Å². The molecule has 0 saturated carbocycles. The molecule has 3 nitrogen and oxygen atoms in total. The number of rotatable bonds is 2. The van der Waals surface area contributed by atoms with Crippen molar-refractivity contribution in [3.8, 4) is 10.6 Å². The van der Waals surface area contributed by atoms with Gasteiger partial charge in [-0.1, -0.05) is 24.4 Å². The molecule has 1 unspecified atom stereocenters. The molecule has 5 heteroatoms. The molecular formula is C13H16ClN3S. The molecule has 2 N–H and O–H groups in total. The maximum atomic E-state index is 5.96. The smallest absolute Gasteiger partial charge is 0.123 e. The highest BCUT2D eigenvalue weighted by molar-refractivity contribution is 7.19. The molecule has 18 heavy (non-hydrogen) atoms. The van der Waals surface area contributed by atoms with Gasteiger partial charge in [-0.2, -0.15) is 0 Å². The lowest BCUT2D eigenvalue weighted by Gasteiger charge is -2.12. The van der Waals surface area contributed by atoms with Crippen LogP contribution in [-0.2, 0) is 0 Å². The van der Waals surface area contributed by atoms with Gasteiger partial charge in [-0.25, -0.2) is 4.98 Å². The summed E-state index contributed by atoms with van der Waals surface area (Å²) in [5.41, 5.74) is 1.06. The molecule has 0 radical (unpaired) electrons. The molecule has 1 aliphatic rings. The zero-order chi connectivity index (χ0) is 12.4. The molecule has 3 heterocycles. The summed E-state index contributed by atoms with van der Waals surface area (Å²) in [5.74, 6) is 1.05. The summed E-state index contributed by atoms with van der Waals surface area (Å²) in [6, 6.07) is 4.33. The van der Waals surface area contributed by atoms with Gasteiger partial charge in [0.1, 0.15) is 5.82 Å². The van der Waals surface area contributed by atoms with Crippen molar-refractivity contribution in [1.82, 2.24) is 15.3 Å². The minimum atomic E-state index is 0.372. The monoisotopic (exact) mass is 281 g/mol. The molecule has 0 amide bonds. The first kappa shape index (κ1) is 12.2. The van der Waals surface area contributed by atoms with Crippen LogP contribution in [0.1, 0.15) is 37.5 Å². The zero-order valence-corrected chi connectivity index (χ0v) is 11.7. The van der Waals surface area contributed by atoms with Crippen LogP contribution in [-0.4, -0.2) is 16.5 Å². The van der Waals surface area contributed by atoms with Crippen molar-refractivity contribution in [2.24, 2.45) is 0 Å². The van der Waals surface area contributed by atoms with Crippen LogP contribution in [0.15, 0.2) is 18.3 Å². The second kappa shape index (κ2) is 5.43. The van der Waals surface area contributed by atoms with Crippen molar-refractivity contribution in [2.45, 2.75) is 31.7 Å². The van der Waals surface area contributed by atoms with Crippen LogP contribution >= 0.6 is 22.9 Å². The fourth-order valence-corrected chi connectivity index (χ4v) is 3.37. The number of H-pyrrole nitrogens is 1. The Balaban J connectivity index is 1.80.